The van der Waals surface area contributed by atoms with Crippen LogP contribution in [0.15, 0.2) is 18.2 Å². The average Bonchev–Trinajstić information content (AvgIpc) is 2.11. The van der Waals surface area contributed by atoms with E-state index in [4.69, 9.17) is 16.7 Å². The van der Waals surface area contributed by atoms with Crippen molar-refractivity contribution in [1.29, 1.82) is 0 Å². The van der Waals surface area contributed by atoms with Gasteiger partial charge in [-0.15, -0.1) is 0 Å². The summed E-state index contributed by atoms with van der Waals surface area (Å²) in [5.74, 6) is -2.31. The molecule has 1 N–H and O–H groups in total. The zero-order valence-corrected chi connectivity index (χ0v) is 7.76. The van der Waals surface area contributed by atoms with E-state index in [2.05, 4.69) is 0 Å². The van der Waals surface area contributed by atoms with Crippen molar-refractivity contribution < 1.29 is 18.7 Å². The van der Waals surface area contributed by atoms with E-state index in [1.54, 1.807) is 0 Å². The molecule has 0 aromatic heterocycles. The van der Waals surface area contributed by atoms with Crippen molar-refractivity contribution in [3.63, 3.8) is 0 Å². The van der Waals surface area contributed by atoms with E-state index in [1.807, 2.05) is 0 Å². The molecule has 0 heterocycles. The molecule has 1 rings (SSSR count). The number of carbonyl (C=O) groups is 1. The first-order valence-electron chi connectivity index (χ1n) is 3.82. The van der Waals surface area contributed by atoms with Crippen molar-refractivity contribution >= 4 is 17.6 Å². The van der Waals surface area contributed by atoms with Gasteiger partial charge in [0.25, 0.3) is 0 Å². The number of halogens is 3. The van der Waals surface area contributed by atoms with Crippen molar-refractivity contribution in [2.24, 2.45) is 0 Å². The molecular weight excluding hydrogens is 214 g/mol. The van der Waals surface area contributed by atoms with Gasteiger partial charge >= 0.3 is 5.97 Å². The summed E-state index contributed by atoms with van der Waals surface area (Å²) in [6.45, 7) is 0. The van der Waals surface area contributed by atoms with Crippen molar-refractivity contribution in [3.8, 4) is 0 Å². The highest BCUT2D eigenvalue weighted by molar-refractivity contribution is 6.31. The van der Waals surface area contributed by atoms with Crippen LogP contribution in [-0.2, 0) is 11.2 Å². The van der Waals surface area contributed by atoms with Crippen LogP contribution in [0.25, 0.3) is 0 Å². The molecule has 1 atom stereocenters. The van der Waals surface area contributed by atoms with E-state index in [-0.39, 0.29) is 10.6 Å². The molecular formula is C9H7ClF2O2. The maximum atomic E-state index is 13.0. The van der Waals surface area contributed by atoms with Crippen LogP contribution in [0.5, 0.6) is 0 Å². The Hall–Kier alpha value is -1.16. The highest BCUT2D eigenvalue weighted by atomic mass is 35.5. The summed E-state index contributed by atoms with van der Waals surface area (Å²) in [4.78, 5) is 10.2. The number of alkyl halides is 1. The van der Waals surface area contributed by atoms with Crippen LogP contribution in [0.4, 0.5) is 8.78 Å². The summed E-state index contributed by atoms with van der Waals surface area (Å²) in [5, 5.41) is 8.32. The van der Waals surface area contributed by atoms with Crippen LogP contribution in [0.1, 0.15) is 5.56 Å². The van der Waals surface area contributed by atoms with Gasteiger partial charge in [0.15, 0.2) is 0 Å². The molecule has 1 aromatic rings. The highest BCUT2D eigenvalue weighted by Crippen LogP contribution is 2.21. The summed E-state index contributed by atoms with van der Waals surface area (Å²) in [5.41, 5.74) is -0.107. The van der Waals surface area contributed by atoms with Crippen molar-refractivity contribution in [3.05, 3.63) is 34.6 Å². The molecule has 0 radical (unpaired) electrons. The Bertz CT molecular complexity index is 334. The Kier molecular flexibility index (Phi) is 3.41. The Morgan fingerprint density at radius 1 is 1.57 bits per heavy atom. The molecule has 0 bridgehead atoms. The third kappa shape index (κ3) is 2.42. The fourth-order valence-corrected chi connectivity index (χ4v) is 1.23. The van der Waals surface area contributed by atoms with Crippen LogP contribution >= 0.6 is 11.6 Å². The zero-order valence-electron chi connectivity index (χ0n) is 7.01. The van der Waals surface area contributed by atoms with E-state index >= 15 is 0 Å². The van der Waals surface area contributed by atoms with E-state index in [1.165, 1.54) is 12.1 Å². The van der Waals surface area contributed by atoms with Gasteiger partial charge in [0.05, 0.1) is 0 Å². The smallest absolute Gasteiger partial charge is 0.338 e. The largest absolute Gasteiger partial charge is 0.479 e. The van der Waals surface area contributed by atoms with Gasteiger partial charge in [0.1, 0.15) is 5.82 Å². The van der Waals surface area contributed by atoms with Gasteiger partial charge in [0.2, 0.25) is 6.17 Å². The number of benzene rings is 1. The first-order valence-corrected chi connectivity index (χ1v) is 4.20. The number of hydrogen-bond donors (Lipinski definition) is 1. The third-order valence-electron chi connectivity index (χ3n) is 1.71. The molecule has 0 saturated carbocycles. The molecule has 2 nitrogen and oxygen atoms in total. The molecule has 5 heteroatoms. The third-order valence-corrected chi connectivity index (χ3v) is 2.07. The zero-order chi connectivity index (χ0) is 10.7. The van der Waals surface area contributed by atoms with E-state index in [0.29, 0.717) is 0 Å². The normalized spacial score (nSPS) is 12.5. The Morgan fingerprint density at radius 2 is 2.21 bits per heavy atom. The molecule has 76 valence electrons. The minimum absolute atomic E-state index is 0.0360. The predicted octanol–water partition coefficient (Wildman–Crippen LogP) is 2.44. The SMILES string of the molecule is O=C(O)[C@@H](F)Cc1c(F)cccc1Cl. The minimum Gasteiger partial charge on any atom is -0.479 e. The van der Waals surface area contributed by atoms with Crippen LogP contribution < -0.4 is 0 Å². The molecule has 0 aliphatic carbocycles. The van der Waals surface area contributed by atoms with Crippen LogP contribution in [-0.4, -0.2) is 17.2 Å². The lowest BCUT2D eigenvalue weighted by atomic mass is 10.1. The molecule has 1 aromatic carbocycles. The Balaban J connectivity index is 2.91. The van der Waals surface area contributed by atoms with Gasteiger partial charge in [0, 0.05) is 17.0 Å². The van der Waals surface area contributed by atoms with Gasteiger partial charge in [-0.05, 0) is 12.1 Å². The van der Waals surface area contributed by atoms with Crippen LogP contribution in [0.2, 0.25) is 5.02 Å². The average molecular weight is 221 g/mol. The highest BCUT2D eigenvalue weighted by Gasteiger charge is 2.19. The van der Waals surface area contributed by atoms with Crippen molar-refractivity contribution in [2.75, 3.05) is 0 Å². The van der Waals surface area contributed by atoms with E-state index in [9.17, 15) is 13.6 Å². The minimum atomic E-state index is -2.13. The molecule has 0 amide bonds. The number of carboxylic acid groups (broad SMARTS) is 1. The number of aliphatic carboxylic acids is 1. The predicted molar refractivity (Wildman–Crippen MR) is 47.6 cm³/mol. The lowest BCUT2D eigenvalue weighted by Crippen LogP contribution is -2.18. The van der Waals surface area contributed by atoms with Crippen molar-refractivity contribution in [1.82, 2.24) is 0 Å². The van der Waals surface area contributed by atoms with E-state index in [0.717, 1.165) is 6.07 Å². The summed E-state index contributed by atoms with van der Waals surface area (Å²) >= 11 is 5.58. The lowest BCUT2D eigenvalue weighted by Gasteiger charge is -2.06. The van der Waals surface area contributed by atoms with Gasteiger partial charge in [-0.1, -0.05) is 17.7 Å². The number of carboxylic acids is 1. The monoisotopic (exact) mass is 220 g/mol. The second kappa shape index (κ2) is 4.37. The second-order valence-corrected chi connectivity index (χ2v) is 3.12. The second-order valence-electron chi connectivity index (χ2n) is 2.71. The first kappa shape index (κ1) is 10.9. The first-order chi connectivity index (χ1) is 6.52. The van der Waals surface area contributed by atoms with Crippen LogP contribution in [0.3, 0.4) is 0 Å². The topological polar surface area (TPSA) is 37.3 Å². The molecule has 0 fully saturated rings. The standard InChI is InChI=1S/C9H7ClF2O2/c10-6-2-1-3-7(11)5(6)4-8(12)9(13)14/h1-3,8H,4H2,(H,13,14)/t8-/m0/s1. The Morgan fingerprint density at radius 3 is 2.71 bits per heavy atom. The molecule has 0 aliphatic rings. The summed E-state index contributed by atoms with van der Waals surface area (Å²) in [6.07, 6.45) is -2.69. The van der Waals surface area contributed by atoms with Gasteiger partial charge in [-0.3, -0.25) is 0 Å². The molecule has 0 spiro atoms. The summed E-state index contributed by atoms with van der Waals surface area (Å²) in [6, 6.07) is 3.86. The number of rotatable bonds is 3. The van der Waals surface area contributed by atoms with Crippen molar-refractivity contribution in [2.45, 2.75) is 12.6 Å². The molecule has 0 aliphatic heterocycles. The fraction of sp³-hybridized carbons (Fsp3) is 0.222. The fourth-order valence-electron chi connectivity index (χ4n) is 0.994. The van der Waals surface area contributed by atoms with Gasteiger partial charge in [-0.2, -0.15) is 0 Å². The molecule has 14 heavy (non-hydrogen) atoms. The number of hydrogen-bond acceptors (Lipinski definition) is 1. The lowest BCUT2D eigenvalue weighted by molar-refractivity contribution is -0.142. The van der Waals surface area contributed by atoms with E-state index < -0.39 is 24.4 Å². The van der Waals surface area contributed by atoms with Crippen LogP contribution in [0, 0.1) is 5.82 Å². The summed E-state index contributed by atoms with van der Waals surface area (Å²) in [7, 11) is 0. The quantitative estimate of drug-likeness (QED) is 0.850. The maximum absolute atomic E-state index is 13.0. The van der Waals surface area contributed by atoms with Gasteiger partial charge < -0.3 is 5.11 Å². The summed E-state index contributed by atoms with van der Waals surface area (Å²) < 4.78 is 25.8. The molecule has 0 unspecified atom stereocenters. The Labute approximate surface area is 84.1 Å². The maximum Gasteiger partial charge on any atom is 0.338 e. The van der Waals surface area contributed by atoms with Gasteiger partial charge in [-0.25, -0.2) is 13.6 Å². The molecule has 0 saturated heterocycles.